The Morgan fingerprint density at radius 2 is 1.79 bits per heavy atom. The minimum absolute atomic E-state index is 0.0752. The lowest BCUT2D eigenvalue weighted by Crippen LogP contribution is -2.41. The van der Waals surface area contributed by atoms with Gasteiger partial charge in [0.15, 0.2) is 0 Å². The fourth-order valence-corrected chi connectivity index (χ4v) is 4.00. The molecule has 6 heteroatoms. The molecule has 1 N–H and O–H groups in total. The van der Waals surface area contributed by atoms with E-state index in [9.17, 15) is 13.2 Å². The normalized spacial score (nSPS) is 16.2. The van der Waals surface area contributed by atoms with Crippen molar-refractivity contribution in [2.24, 2.45) is 5.92 Å². The zero-order chi connectivity index (χ0) is 17.4. The molecule has 0 atom stereocenters. The summed E-state index contributed by atoms with van der Waals surface area (Å²) in [5.74, 6) is 0.181. The largest absolute Gasteiger partial charge is 0.355 e. The fraction of sp³-hybridized carbons (Fsp3) is 0.611. The highest BCUT2D eigenvalue weighted by molar-refractivity contribution is 7.88. The number of amides is 1. The Morgan fingerprint density at radius 1 is 1.12 bits per heavy atom. The summed E-state index contributed by atoms with van der Waals surface area (Å²) in [7, 11) is -3.28. The molecule has 134 valence electrons. The lowest BCUT2D eigenvalue weighted by molar-refractivity contribution is -0.125. The van der Waals surface area contributed by atoms with E-state index in [-0.39, 0.29) is 11.8 Å². The maximum absolute atomic E-state index is 12.1. The predicted octanol–water partition coefficient (Wildman–Crippen LogP) is 2.19. The molecule has 24 heavy (non-hydrogen) atoms. The van der Waals surface area contributed by atoms with Crippen LogP contribution in [0.5, 0.6) is 0 Å². The van der Waals surface area contributed by atoms with Gasteiger partial charge in [0.2, 0.25) is 15.9 Å². The molecule has 0 heterocycles. The van der Waals surface area contributed by atoms with Crippen molar-refractivity contribution in [3.63, 3.8) is 0 Å². The summed E-state index contributed by atoms with van der Waals surface area (Å²) < 4.78 is 25.3. The minimum atomic E-state index is -3.28. The van der Waals surface area contributed by atoms with Crippen LogP contribution in [0.15, 0.2) is 30.3 Å². The van der Waals surface area contributed by atoms with Crippen LogP contribution >= 0.6 is 0 Å². The molecule has 2 rings (SSSR count). The number of rotatable bonds is 8. The Labute approximate surface area is 145 Å². The monoisotopic (exact) mass is 352 g/mol. The van der Waals surface area contributed by atoms with Crippen molar-refractivity contribution in [3.05, 3.63) is 35.9 Å². The molecule has 0 bridgehead atoms. The number of hydrogen-bond donors (Lipinski definition) is 1. The van der Waals surface area contributed by atoms with E-state index in [1.54, 1.807) is 0 Å². The number of carbonyl (C=O) groups excluding carboxylic acids is 1. The van der Waals surface area contributed by atoms with Crippen molar-refractivity contribution < 1.29 is 13.2 Å². The Hall–Kier alpha value is -1.40. The van der Waals surface area contributed by atoms with Crippen LogP contribution < -0.4 is 5.32 Å². The van der Waals surface area contributed by atoms with Gasteiger partial charge < -0.3 is 5.32 Å². The van der Waals surface area contributed by atoms with Crippen LogP contribution in [0, 0.1) is 5.92 Å². The first-order valence-corrected chi connectivity index (χ1v) is 10.6. The molecule has 0 aromatic heterocycles. The molecule has 1 aromatic rings. The van der Waals surface area contributed by atoms with E-state index in [2.05, 4.69) is 5.32 Å². The second kappa shape index (κ2) is 9.18. The van der Waals surface area contributed by atoms with Gasteiger partial charge in [0.05, 0.1) is 6.26 Å². The molecule has 0 aliphatic heterocycles. The van der Waals surface area contributed by atoms with E-state index < -0.39 is 10.0 Å². The van der Waals surface area contributed by atoms with Crippen molar-refractivity contribution in [2.75, 3.05) is 25.9 Å². The Bertz CT molecular complexity index is 610. The molecular formula is C18H28N2O3S. The smallest absolute Gasteiger partial charge is 0.223 e. The van der Waals surface area contributed by atoms with E-state index in [1.807, 2.05) is 30.3 Å². The molecule has 1 aromatic carbocycles. The first-order valence-electron chi connectivity index (χ1n) is 8.73. The summed E-state index contributed by atoms with van der Waals surface area (Å²) in [6.45, 7) is 1.13. The average Bonchev–Trinajstić information content (AvgIpc) is 2.58. The lowest BCUT2D eigenvalue weighted by atomic mass is 9.89. The van der Waals surface area contributed by atoms with E-state index in [4.69, 9.17) is 0 Å². The highest BCUT2D eigenvalue weighted by Gasteiger charge is 2.21. The summed E-state index contributed by atoms with van der Waals surface area (Å²) in [4.78, 5) is 12.1. The van der Waals surface area contributed by atoms with Crippen LogP contribution in [0.4, 0.5) is 0 Å². The number of sulfonamides is 1. The van der Waals surface area contributed by atoms with Crippen molar-refractivity contribution >= 4 is 15.9 Å². The Balaban J connectivity index is 1.80. The molecule has 1 fully saturated rings. The fourth-order valence-electron chi connectivity index (χ4n) is 3.15. The number of carbonyl (C=O) groups is 1. The van der Waals surface area contributed by atoms with E-state index in [0.717, 1.165) is 31.2 Å². The first-order chi connectivity index (χ1) is 11.5. The van der Waals surface area contributed by atoms with Gasteiger partial charge in [0.25, 0.3) is 0 Å². The molecule has 1 amide bonds. The van der Waals surface area contributed by atoms with Gasteiger partial charge in [-0.05, 0) is 24.8 Å². The van der Waals surface area contributed by atoms with Crippen LogP contribution in [-0.2, 0) is 21.2 Å². The van der Waals surface area contributed by atoms with Crippen LogP contribution in [0.25, 0.3) is 0 Å². The minimum Gasteiger partial charge on any atom is -0.355 e. The molecule has 1 saturated carbocycles. The van der Waals surface area contributed by atoms with Gasteiger partial charge in [0, 0.05) is 25.6 Å². The van der Waals surface area contributed by atoms with Crippen LogP contribution in [0.1, 0.15) is 37.7 Å². The van der Waals surface area contributed by atoms with E-state index >= 15 is 0 Å². The number of hydrogen-bond acceptors (Lipinski definition) is 3. The summed E-state index contributed by atoms with van der Waals surface area (Å²) in [5, 5.41) is 2.91. The molecule has 1 aliphatic carbocycles. The van der Waals surface area contributed by atoms with Gasteiger partial charge in [-0.2, -0.15) is 0 Å². The first kappa shape index (κ1) is 18.9. The quantitative estimate of drug-likeness (QED) is 0.780. The van der Waals surface area contributed by atoms with Crippen molar-refractivity contribution in [3.8, 4) is 0 Å². The zero-order valence-electron chi connectivity index (χ0n) is 14.4. The molecular weight excluding hydrogens is 324 g/mol. The maximum Gasteiger partial charge on any atom is 0.223 e. The summed E-state index contributed by atoms with van der Waals surface area (Å²) in [6.07, 6.45) is 7.25. The van der Waals surface area contributed by atoms with Gasteiger partial charge in [-0.1, -0.05) is 49.6 Å². The van der Waals surface area contributed by atoms with Gasteiger partial charge in [-0.25, -0.2) is 12.7 Å². The molecule has 1 aliphatic rings. The van der Waals surface area contributed by atoms with Gasteiger partial charge >= 0.3 is 0 Å². The third-order valence-corrected chi connectivity index (χ3v) is 5.90. The molecule has 0 unspecified atom stereocenters. The number of nitrogens with one attached hydrogen (secondary N) is 1. The molecule has 5 nitrogen and oxygen atoms in total. The SMILES string of the molecule is CS(=O)(=O)N(CCNC(=O)C1CCCCC1)CCc1ccccc1. The highest BCUT2D eigenvalue weighted by Crippen LogP contribution is 2.23. The maximum atomic E-state index is 12.1. The summed E-state index contributed by atoms with van der Waals surface area (Å²) in [5.41, 5.74) is 1.11. The molecule has 0 radical (unpaired) electrons. The standard InChI is InChI=1S/C18H28N2O3S/c1-24(22,23)20(14-12-16-8-4-2-5-9-16)15-13-19-18(21)17-10-6-3-7-11-17/h2,4-5,8-9,17H,3,6-7,10-15H2,1H3,(H,19,21). The Morgan fingerprint density at radius 3 is 2.42 bits per heavy atom. The van der Waals surface area contributed by atoms with E-state index in [0.29, 0.717) is 26.1 Å². The third kappa shape index (κ3) is 6.24. The topological polar surface area (TPSA) is 66.5 Å². The lowest BCUT2D eigenvalue weighted by Gasteiger charge is -2.23. The number of nitrogens with zero attached hydrogens (tertiary/aromatic N) is 1. The second-order valence-corrected chi connectivity index (χ2v) is 8.51. The molecule has 0 spiro atoms. The second-order valence-electron chi connectivity index (χ2n) is 6.52. The predicted molar refractivity (Wildman–Crippen MR) is 96.1 cm³/mol. The van der Waals surface area contributed by atoms with Crippen molar-refractivity contribution in [1.29, 1.82) is 0 Å². The highest BCUT2D eigenvalue weighted by atomic mass is 32.2. The van der Waals surface area contributed by atoms with Crippen LogP contribution in [0.2, 0.25) is 0 Å². The number of benzene rings is 1. The van der Waals surface area contributed by atoms with Gasteiger partial charge in [-0.3, -0.25) is 4.79 Å². The molecule has 0 saturated heterocycles. The summed E-state index contributed by atoms with van der Waals surface area (Å²) >= 11 is 0. The average molecular weight is 353 g/mol. The third-order valence-electron chi connectivity index (χ3n) is 4.60. The summed E-state index contributed by atoms with van der Waals surface area (Å²) in [6, 6.07) is 9.82. The van der Waals surface area contributed by atoms with E-state index in [1.165, 1.54) is 17.0 Å². The van der Waals surface area contributed by atoms with Crippen molar-refractivity contribution in [2.45, 2.75) is 38.5 Å². The Kier molecular flexibility index (Phi) is 7.24. The van der Waals surface area contributed by atoms with Crippen molar-refractivity contribution in [1.82, 2.24) is 9.62 Å². The zero-order valence-corrected chi connectivity index (χ0v) is 15.2. The van der Waals surface area contributed by atoms with Crippen LogP contribution in [-0.4, -0.2) is 44.5 Å². The van der Waals surface area contributed by atoms with Gasteiger partial charge in [-0.15, -0.1) is 0 Å². The van der Waals surface area contributed by atoms with Gasteiger partial charge in [0.1, 0.15) is 0 Å². The van der Waals surface area contributed by atoms with Crippen LogP contribution in [0.3, 0.4) is 0 Å².